The van der Waals surface area contributed by atoms with Gasteiger partial charge in [-0.15, -0.1) is 0 Å². The molecule has 6 heteroatoms. The Labute approximate surface area is 128 Å². The van der Waals surface area contributed by atoms with Crippen molar-refractivity contribution in [2.24, 2.45) is 0 Å². The highest BCUT2D eigenvalue weighted by atomic mass is 79.9. The molecule has 0 saturated carbocycles. The van der Waals surface area contributed by atoms with Crippen LogP contribution in [0.2, 0.25) is 0 Å². The molecule has 2 amide bonds. The third-order valence-corrected chi connectivity index (χ3v) is 3.83. The Morgan fingerprint density at radius 1 is 1.24 bits per heavy atom. The summed E-state index contributed by atoms with van der Waals surface area (Å²) in [5.41, 5.74) is 2.43. The largest absolute Gasteiger partial charge is 0.326 e. The lowest BCUT2D eigenvalue weighted by atomic mass is 10.1. The maximum Gasteiger partial charge on any atom is 0.255 e. The van der Waals surface area contributed by atoms with Gasteiger partial charge >= 0.3 is 0 Å². The zero-order valence-electron chi connectivity index (χ0n) is 10.7. The maximum absolute atomic E-state index is 13.0. The number of amides is 2. The van der Waals surface area contributed by atoms with Crippen molar-refractivity contribution in [3.05, 3.63) is 57.8 Å². The number of hydrogen-bond acceptors (Lipinski definition) is 2. The lowest BCUT2D eigenvalue weighted by Crippen LogP contribution is -2.12. The Bertz CT molecular complexity index is 761. The first-order valence-corrected chi connectivity index (χ1v) is 7.01. The van der Waals surface area contributed by atoms with E-state index in [0.717, 1.165) is 5.56 Å². The summed E-state index contributed by atoms with van der Waals surface area (Å²) in [6.45, 7) is 0. The summed E-state index contributed by atoms with van der Waals surface area (Å²) >= 11 is 3.19. The Morgan fingerprint density at radius 2 is 2.05 bits per heavy atom. The van der Waals surface area contributed by atoms with Crippen molar-refractivity contribution in [1.82, 2.24) is 0 Å². The van der Waals surface area contributed by atoms with E-state index in [0.29, 0.717) is 27.8 Å². The zero-order valence-corrected chi connectivity index (χ0v) is 12.3. The Balaban J connectivity index is 1.83. The molecule has 2 aromatic rings. The van der Waals surface area contributed by atoms with E-state index in [1.807, 2.05) is 0 Å². The van der Waals surface area contributed by atoms with Crippen molar-refractivity contribution < 1.29 is 14.0 Å². The van der Waals surface area contributed by atoms with Gasteiger partial charge in [-0.1, -0.05) is 6.07 Å². The van der Waals surface area contributed by atoms with E-state index in [2.05, 4.69) is 26.6 Å². The normalized spacial score (nSPS) is 12.8. The lowest BCUT2D eigenvalue weighted by molar-refractivity contribution is -0.115. The predicted molar refractivity (Wildman–Crippen MR) is 80.8 cm³/mol. The summed E-state index contributed by atoms with van der Waals surface area (Å²) in [6.07, 6.45) is 0.334. The summed E-state index contributed by atoms with van der Waals surface area (Å²) in [5.74, 6) is -0.796. The van der Waals surface area contributed by atoms with Gasteiger partial charge in [-0.05, 0) is 51.8 Å². The zero-order chi connectivity index (χ0) is 15.0. The molecule has 2 aromatic carbocycles. The smallest absolute Gasteiger partial charge is 0.255 e. The average Bonchev–Trinajstić information content (AvgIpc) is 2.80. The van der Waals surface area contributed by atoms with Crippen molar-refractivity contribution in [3.8, 4) is 0 Å². The van der Waals surface area contributed by atoms with E-state index >= 15 is 0 Å². The summed E-state index contributed by atoms with van der Waals surface area (Å²) in [7, 11) is 0. The third-order valence-electron chi connectivity index (χ3n) is 3.18. The summed E-state index contributed by atoms with van der Waals surface area (Å²) in [6, 6.07) is 9.06. The van der Waals surface area contributed by atoms with Crippen LogP contribution in [-0.4, -0.2) is 11.8 Å². The molecule has 0 aromatic heterocycles. The lowest BCUT2D eigenvalue weighted by Gasteiger charge is -2.08. The first-order valence-electron chi connectivity index (χ1n) is 6.22. The van der Waals surface area contributed by atoms with Crippen molar-refractivity contribution in [1.29, 1.82) is 0 Å². The van der Waals surface area contributed by atoms with Gasteiger partial charge in [0.15, 0.2) is 0 Å². The number of anilines is 2. The van der Waals surface area contributed by atoms with E-state index in [9.17, 15) is 14.0 Å². The van der Waals surface area contributed by atoms with Crippen LogP contribution >= 0.6 is 15.9 Å². The SMILES string of the molecule is O=C1Cc2ccc(C(=O)Nc3ccc(F)cc3Br)cc2N1. The van der Waals surface area contributed by atoms with E-state index in [1.54, 1.807) is 18.2 Å². The molecule has 1 heterocycles. The van der Waals surface area contributed by atoms with Crippen LogP contribution in [0, 0.1) is 5.82 Å². The molecule has 0 saturated heterocycles. The van der Waals surface area contributed by atoms with Crippen LogP contribution in [0.25, 0.3) is 0 Å². The number of nitrogens with one attached hydrogen (secondary N) is 2. The Kier molecular flexibility index (Phi) is 3.47. The minimum atomic E-state index is -0.389. The van der Waals surface area contributed by atoms with Crippen molar-refractivity contribution in [2.45, 2.75) is 6.42 Å². The molecular formula is C15H10BrFN2O2. The van der Waals surface area contributed by atoms with E-state index in [1.165, 1.54) is 18.2 Å². The monoisotopic (exact) mass is 348 g/mol. The molecule has 21 heavy (non-hydrogen) atoms. The molecule has 4 nitrogen and oxygen atoms in total. The molecule has 0 fully saturated rings. The minimum Gasteiger partial charge on any atom is -0.326 e. The van der Waals surface area contributed by atoms with Gasteiger partial charge in [-0.3, -0.25) is 9.59 Å². The molecule has 3 rings (SSSR count). The highest BCUT2D eigenvalue weighted by Crippen LogP contribution is 2.26. The number of carbonyl (C=O) groups is 2. The second-order valence-electron chi connectivity index (χ2n) is 4.68. The third kappa shape index (κ3) is 2.80. The highest BCUT2D eigenvalue weighted by molar-refractivity contribution is 9.10. The number of rotatable bonds is 2. The first-order chi connectivity index (χ1) is 10.0. The average molecular weight is 349 g/mol. The van der Waals surface area contributed by atoms with Crippen LogP contribution in [0.1, 0.15) is 15.9 Å². The molecule has 0 atom stereocenters. The maximum atomic E-state index is 13.0. The van der Waals surface area contributed by atoms with Gasteiger partial charge in [0.2, 0.25) is 5.91 Å². The fourth-order valence-corrected chi connectivity index (χ4v) is 2.59. The van der Waals surface area contributed by atoms with Crippen LogP contribution in [-0.2, 0) is 11.2 Å². The number of halogens is 2. The van der Waals surface area contributed by atoms with Gasteiger partial charge in [0.25, 0.3) is 5.91 Å². The van der Waals surface area contributed by atoms with Gasteiger partial charge < -0.3 is 10.6 Å². The second kappa shape index (κ2) is 5.29. The van der Waals surface area contributed by atoms with Gasteiger partial charge in [-0.25, -0.2) is 4.39 Å². The summed E-state index contributed by atoms with van der Waals surface area (Å²) in [4.78, 5) is 23.5. The van der Waals surface area contributed by atoms with Crippen molar-refractivity contribution in [2.75, 3.05) is 10.6 Å². The Hall–Kier alpha value is -2.21. The molecule has 0 spiro atoms. The molecule has 1 aliphatic heterocycles. The molecule has 0 radical (unpaired) electrons. The van der Waals surface area contributed by atoms with Gasteiger partial charge in [0.1, 0.15) is 5.82 Å². The van der Waals surface area contributed by atoms with Crippen LogP contribution in [0.4, 0.5) is 15.8 Å². The van der Waals surface area contributed by atoms with E-state index in [4.69, 9.17) is 0 Å². The standard InChI is InChI=1S/C15H10BrFN2O2/c16-11-7-10(17)3-4-12(11)19-15(21)9-2-1-8-6-14(20)18-13(8)5-9/h1-5,7H,6H2,(H,18,20)(H,19,21). The minimum absolute atomic E-state index is 0.0798. The topological polar surface area (TPSA) is 58.2 Å². The molecule has 0 aliphatic carbocycles. The predicted octanol–water partition coefficient (Wildman–Crippen LogP) is 3.34. The van der Waals surface area contributed by atoms with Gasteiger partial charge in [0, 0.05) is 15.7 Å². The number of benzene rings is 2. The molecule has 2 N–H and O–H groups in total. The molecule has 0 bridgehead atoms. The molecular weight excluding hydrogens is 339 g/mol. The molecule has 0 unspecified atom stereocenters. The van der Waals surface area contributed by atoms with E-state index in [-0.39, 0.29) is 17.6 Å². The number of fused-ring (bicyclic) bond motifs is 1. The molecule has 1 aliphatic rings. The van der Waals surface area contributed by atoms with Crippen LogP contribution in [0.3, 0.4) is 0 Å². The van der Waals surface area contributed by atoms with Crippen molar-refractivity contribution in [3.63, 3.8) is 0 Å². The van der Waals surface area contributed by atoms with Crippen molar-refractivity contribution >= 4 is 39.1 Å². The summed E-state index contributed by atoms with van der Waals surface area (Å²) < 4.78 is 13.5. The highest BCUT2D eigenvalue weighted by Gasteiger charge is 2.19. The summed E-state index contributed by atoms with van der Waals surface area (Å²) in [5, 5.41) is 5.39. The van der Waals surface area contributed by atoms with Gasteiger partial charge in [-0.2, -0.15) is 0 Å². The van der Waals surface area contributed by atoms with Crippen LogP contribution < -0.4 is 10.6 Å². The number of carbonyl (C=O) groups excluding carboxylic acids is 2. The fraction of sp³-hybridized carbons (Fsp3) is 0.0667. The van der Waals surface area contributed by atoms with Gasteiger partial charge in [0.05, 0.1) is 12.1 Å². The quantitative estimate of drug-likeness (QED) is 0.874. The van der Waals surface area contributed by atoms with Crippen LogP contribution in [0.15, 0.2) is 40.9 Å². The van der Waals surface area contributed by atoms with E-state index < -0.39 is 0 Å². The Morgan fingerprint density at radius 3 is 2.81 bits per heavy atom. The fourth-order valence-electron chi connectivity index (χ4n) is 2.14. The molecule has 106 valence electrons. The first kappa shape index (κ1) is 13.8. The van der Waals surface area contributed by atoms with Crippen LogP contribution in [0.5, 0.6) is 0 Å². The number of hydrogen-bond donors (Lipinski definition) is 2. The second-order valence-corrected chi connectivity index (χ2v) is 5.53.